The molecule has 3 fully saturated rings. The van der Waals surface area contributed by atoms with Gasteiger partial charge in [-0.15, -0.1) is 0 Å². The number of ketones is 1. The van der Waals surface area contributed by atoms with Crippen LogP contribution < -0.4 is 0 Å². The van der Waals surface area contributed by atoms with Crippen LogP contribution in [0.2, 0.25) is 0 Å². The predicted molar refractivity (Wildman–Crippen MR) is 197 cm³/mol. The minimum absolute atomic E-state index is 0.162. The van der Waals surface area contributed by atoms with Gasteiger partial charge in [0.15, 0.2) is 12.6 Å². The molecule has 3 saturated heterocycles. The van der Waals surface area contributed by atoms with Gasteiger partial charge in [-0.05, 0) is 74.9 Å². The number of esters is 1. The summed E-state index contributed by atoms with van der Waals surface area (Å²) in [4.78, 5) is 30.2. The summed E-state index contributed by atoms with van der Waals surface area (Å²) in [5.74, 6) is -5.87. The Morgan fingerprint density at radius 3 is 1.98 bits per heavy atom. The summed E-state index contributed by atoms with van der Waals surface area (Å²) in [6.45, 7) is 14.0. The molecule has 17 nitrogen and oxygen atoms in total. The fraction of sp³-hybridized carbons (Fsp3) is 0.946. The molecule has 0 bridgehead atoms. The van der Waals surface area contributed by atoms with Crippen LogP contribution >= 0.6 is 0 Å². The largest absolute Gasteiger partial charge is 0.458 e. The first kappa shape index (κ1) is 48.0. The van der Waals surface area contributed by atoms with Crippen molar-refractivity contribution >= 4 is 21.9 Å². The van der Waals surface area contributed by atoms with E-state index in [1.807, 2.05) is 0 Å². The molecule has 3 aliphatic heterocycles. The van der Waals surface area contributed by atoms with Crippen molar-refractivity contribution in [1.29, 1.82) is 0 Å². The number of aliphatic hydroxyl groups is 5. The van der Waals surface area contributed by atoms with Crippen LogP contribution in [0.5, 0.6) is 0 Å². The van der Waals surface area contributed by atoms with Crippen LogP contribution in [0.1, 0.15) is 94.9 Å². The SMILES string of the molecule is CC[C@H]1OC(=O)[C@@](C)(S(=O)(=O)O)[C@@H](OC2C[C@@](C)(OC)[C@@H](O)[C@H](C)O2)[C@H](C)[C@@H](OC2O[C@@H](C)C[C@@H](N(C)C)[C@@H]2O)[C@](C)(O)C[C@@H](C)C(=O)[C@H](C)[C@@H](O)[C@]1(C)O. The van der Waals surface area contributed by atoms with Crippen LogP contribution in [-0.2, 0) is 48.1 Å². The fourth-order valence-corrected chi connectivity index (χ4v) is 9.50. The van der Waals surface area contributed by atoms with Crippen molar-refractivity contribution < 1.29 is 76.5 Å². The third-order valence-electron chi connectivity index (χ3n) is 12.4. The van der Waals surface area contributed by atoms with Crippen LogP contribution in [0.3, 0.4) is 0 Å². The number of hydrogen-bond donors (Lipinski definition) is 6. The number of carbonyl (C=O) groups excluding carboxylic acids is 2. The van der Waals surface area contributed by atoms with Gasteiger partial charge in [-0.1, -0.05) is 27.7 Å². The number of methoxy groups -OCH3 is 1. The molecular formula is C37H67NO16S. The second-order valence-corrected chi connectivity index (χ2v) is 19.0. The van der Waals surface area contributed by atoms with Crippen LogP contribution in [0.4, 0.5) is 0 Å². The lowest BCUT2D eigenvalue weighted by atomic mass is 9.74. The van der Waals surface area contributed by atoms with Gasteiger partial charge >= 0.3 is 5.97 Å². The van der Waals surface area contributed by atoms with Crippen molar-refractivity contribution in [2.24, 2.45) is 17.8 Å². The molecule has 18 heteroatoms. The lowest BCUT2D eigenvalue weighted by molar-refractivity contribution is -0.316. The zero-order valence-corrected chi connectivity index (χ0v) is 35.3. The molecule has 0 aromatic heterocycles. The first-order valence-electron chi connectivity index (χ1n) is 19.1. The van der Waals surface area contributed by atoms with Gasteiger partial charge in [0, 0.05) is 37.3 Å². The molecule has 3 aliphatic rings. The summed E-state index contributed by atoms with van der Waals surface area (Å²) < 4.78 is 71.7. The maximum absolute atomic E-state index is 14.5. The van der Waals surface area contributed by atoms with Crippen LogP contribution in [0, 0.1) is 17.8 Å². The zero-order valence-electron chi connectivity index (χ0n) is 34.5. The van der Waals surface area contributed by atoms with Crippen molar-refractivity contribution in [1.82, 2.24) is 4.90 Å². The second-order valence-electron chi connectivity index (χ2n) is 17.2. The summed E-state index contributed by atoms with van der Waals surface area (Å²) in [5, 5.41) is 57.9. The molecule has 3 heterocycles. The Morgan fingerprint density at radius 1 is 0.891 bits per heavy atom. The molecule has 322 valence electrons. The van der Waals surface area contributed by atoms with E-state index in [0.29, 0.717) is 6.42 Å². The Labute approximate surface area is 325 Å². The van der Waals surface area contributed by atoms with Gasteiger partial charge in [-0.2, -0.15) is 8.42 Å². The molecule has 0 radical (unpaired) electrons. The molecule has 3 rings (SSSR count). The molecule has 55 heavy (non-hydrogen) atoms. The first-order valence-corrected chi connectivity index (χ1v) is 20.5. The van der Waals surface area contributed by atoms with Gasteiger partial charge < -0.3 is 58.9 Å². The number of ether oxygens (including phenoxy) is 6. The van der Waals surface area contributed by atoms with Crippen LogP contribution in [0.25, 0.3) is 0 Å². The van der Waals surface area contributed by atoms with Gasteiger partial charge in [0.1, 0.15) is 29.7 Å². The van der Waals surface area contributed by atoms with Crippen molar-refractivity contribution in [2.75, 3.05) is 21.2 Å². The van der Waals surface area contributed by atoms with Gasteiger partial charge in [0.05, 0.1) is 41.7 Å². The second kappa shape index (κ2) is 17.5. The summed E-state index contributed by atoms with van der Waals surface area (Å²) in [6.07, 6.45) is -14.1. The number of likely N-dealkylation sites (N-methyl/N-ethyl adjacent to an activating group) is 1. The standard InChI is InChI=1S/C37H67NO16S/c1-14-24-36(9,45)28(41)20(4)26(39)18(2)16-34(7,44)30(54-32-27(40)23(38(11)12)15-19(3)50-32)21(5)31(37(10,33(43)52-24)55(46,47)48)53-25-17-35(8,49-13)29(42)22(6)51-25/h18-25,27-32,40-42,44-45H,14-17H2,1-13H3,(H,46,47,48)/t18-,19+,20+,21-,22+,23-,24-,25?,27+,28-,29+,30-,31+,32?,34-,35-,36-,37+/m1/s1. The average Bonchev–Trinajstić information content (AvgIpc) is 3.08. The van der Waals surface area contributed by atoms with E-state index in [-0.39, 0.29) is 19.3 Å². The smallest absolute Gasteiger partial charge is 0.332 e. The predicted octanol–water partition coefficient (Wildman–Crippen LogP) is 0.796. The van der Waals surface area contributed by atoms with Gasteiger partial charge in [0.2, 0.25) is 4.75 Å². The number of Topliss-reactive ketones (excluding diaryl/α,β-unsaturated/α-hetero) is 1. The molecule has 0 amide bonds. The number of hydrogen-bond acceptors (Lipinski definition) is 16. The molecule has 0 saturated carbocycles. The third-order valence-corrected chi connectivity index (χ3v) is 13.9. The zero-order chi connectivity index (χ0) is 42.4. The van der Waals surface area contributed by atoms with E-state index in [1.165, 1.54) is 48.7 Å². The molecule has 18 atom stereocenters. The normalized spacial score (nSPS) is 48.7. The van der Waals surface area contributed by atoms with E-state index in [9.17, 15) is 48.1 Å². The highest BCUT2D eigenvalue weighted by Gasteiger charge is 2.62. The van der Waals surface area contributed by atoms with E-state index in [1.54, 1.807) is 32.8 Å². The molecule has 0 aliphatic carbocycles. The van der Waals surface area contributed by atoms with E-state index < -0.39 is 129 Å². The Bertz CT molecular complexity index is 1440. The lowest BCUT2D eigenvalue weighted by Gasteiger charge is -2.50. The third kappa shape index (κ3) is 9.58. The maximum atomic E-state index is 14.5. The van der Waals surface area contributed by atoms with E-state index in [0.717, 1.165) is 13.8 Å². The summed E-state index contributed by atoms with van der Waals surface area (Å²) in [5.41, 5.74) is -5.72. The number of aliphatic hydroxyl groups excluding tert-OH is 3. The van der Waals surface area contributed by atoms with Crippen molar-refractivity contribution in [3.63, 3.8) is 0 Å². The number of cyclic esters (lactones) is 1. The minimum Gasteiger partial charge on any atom is -0.458 e. The summed E-state index contributed by atoms with van der Waals surface area (Å²) >= 11 is 0. The molecule has 6 N–H and O–H groups in total. The highest BCUT2D eigenvalue weighted by atomic mass is 32.2. The highest BCUT2D eigenvalue weighted by Crippen LogP contribution is 2.43. The molecule has 0 spiro atoms. The van der Waals surface area contributed by atoms with Crippen LogP contribution in [-0.4, -0.2) is 165 Å². The number of rotatable bonds is 8. The average molecular weight is 814 g/mol. The van der Waals surface area contributed by atoms with E-state index in [2.05, 4.69) is 0 Å². The Balaban J connectivity index is 2.37. The Morgan fingerprint density at radius 2 is 1.47 bits per heavy atom. The lowest BCUT2D eigenvalue weighted by Crippen LogP contribution is -2.66. The molecule has 0 aromatic rings. The van der Waals surface area contributed by atoms with Gasteiger partial charge in [0.25, 0.3) is 10.1 Å². The minimum atomic E-state index is -5.58. The Kier molecular flexibility index (Phi) is 15.2. The maximum Gasteiger partial charge on any atom is 0.332 e. The van der Waals surface area contributed by atoms with Gasteiger partial charge in [-0.3, -0.25) is 14.1 Å². The molecular weight excluding hydrogens is 746 g/mol. The summed E-state index contributed by atoms with van der Waals surface area (Å²) in [6, 6.07) is -0.477. The topological polar surface area (TPSA) is 248 Å². The van der Waals surface area contributed by atoms with Gasteiger partial charge in [-0.25, -0.2) is 0 Å². The van der Waals surface area contributed by atoms with Crippen molar-refractivity contribution in [2.45, 2.75) is 184 Å². The molecule has 2 unspecified atom stereocenters. The highest BCUT2D eigenvalue weighted by molar-refractivity contribution is 7.88. The summed E-state index contributed by atoms with van der Waals surface area (Å²) in [7, 11) is -0.699. The number of nitrogens with zero attached hydrogens (tertiary/aromatic N) is 1. The quantitative estimate of drug-likeness (QED) is 0.147. The number of carbonyl (C=O) groups is 2. The van der Waals surface area contributed by atoms with Crippen molar-refractivity contribution in [3.05, 3.63) is 0 Å². The fourth-order valence-electron chi connectivity index (χ4n) is 8.68. The monoisotopic (exact) mass is 813 g/mol. The van der Waals surface area contributed by atoms with E-state index >= 15 is 0 Å². The molecule has 0 aromatic carbocycles. The van der Waals surface area contributed by atoms with E-state index in [4.69, 9.17) is 28.4 Å². The van der Waals surface area contributed by atoms with Crippen molar-refractivity contribution in [3.8, 4) is 0 Å². The van der Waals surface area contributed by atoms with Crippen LogP contribution in [0.15, 0.2) is 0 Å². The Hall–Kier alpha value is -1.39. The first-order chi connectivity index (χ1) is 25.0.